The number of ether oxygens (including phenoxy) is 1. The molecule has 0 aromatic heterocycles. The Morgan fingerprint density at radius 2 is 2.08 bits per heavy atom. The zero-order valence-electron chi connectivity index (χ0n) is 7.51. The minimum absolute atomic E-state index is 0.0984. The zero-order chi connectivity index (χ0) is 9.59. The third-order valence-corrected chi connectivity index (χ3v) is 3.05. The summed E-state index contributed by atoms with van der Waals surface area (Å²) in [6.07, 6.45) is -0.825. The highest BCUT2D eigenvalue weighted by Gasteiger charge is 2.48. The summed E-state index contributed by atoms with van der Waals surface area (Å²) >= 11 is 0. The van der Waals surface area contributed by atoms with Gasteiger partial charge in [0.25, 0.3) is 0 Å². The minimum Gasteiger partial charge on any atom is -0.459 e. The first-order valence-corrected chi connectivity index (χ1v) is 4.66. The fraction of sp³-hybridized carbons (Fsp3) is 0.889. The van der Waals surface area contributed by atoms with Crippen LogP contribution < -0.4 is 0 Å². The third-order valence-electron chi connectivity index (χ3n) is 3.05. The quantitative estimate of drug-likeness (QED) is 0.509. The fourth-order valence-electron chi connectivity index (χ4n) is 2.28. The van der Waals surface area contributed by atoms with Crippen molar-refractivity contribution >= 4 is 5.97 Å². The highest BCUT2D eigenvalue weighted by atomic mass is 16.6. The van der Waals surface area contributed by atoms with Gasteiger partial charge in [-0.2, -0.15) is 0 Å². The van der Waals surface area contributed by atoms with Gasteiger partial charge >= 0.3 is 5.97 Å². The monoisotopic (exact) mass is 186 g/mol. The van der Waals surface area contributed by atoms with Crippen molar-refractivity contribution in [1.29, 1.82) is 0 Å². The summed E-state index contributed by atoms with van der Waals surface area (Å²) in [5.41, 5.74) is 0. The molecule has 4 nitrogen and oxygen atoms in total. The van der Waals surface area contributed by atoms with E-state index < -0.39 is 18.3 Å². The van der Waals surface area contributed by atoms with Gasteiger partial charge in [0.2, 0.25) is 0 Å². The third kappa shape index (κ3) is 1.34. The van der Waals surface area contributed by atoms with Crippen LogP contribution in [0.15, 0.2) is 0 Å². The molecular formula is C9H14O4. The van der Waals surface area contributed by atoms with Crippen LogP contribution >= 0.6 is 0 Å². The predicted octanol–water partition coefficient (Wildman–Crippen LogP) is -0.320. The molecule has 0 amide bonds. The van der Waals surface area contributed by atoms with Gasteiger partial charge in [-0.25, -0.2) is 0 Å². The van der Waals surface area contributed by atoms with Crippen molar-refractivity contribution in [1.82, 2.24) is 0 Å². The van der Waals surface area contributed by atoms with Crippen LogP contribution in [0, 0.1) is 11.8 Å². The van der Waals surface area contributed by atoms with Crippen LogP contribution in [0.25, 0.3) is 0 Å². The summed E-state index contributed by atoms with van der Waals surface area (Å²) in [7, 11) is 0. The molecule has 0 bridgehead atoms. The van der Waals surface area contributed by atoms with Gasteiger partial charge in [-0.3, -0.25) is 4.79 Å². The molecule has 2 N–H and O–H groups in total. The maximum atomic E-state index is 11.2. The Labute approximate surface area is 76.5 Å². The highest BCUT2D eigenvalue weighted by molar-refractivity contribution is 5.73. The SMILES string of the molecule is CC1CC2CC(O)C(O)C2OC1=O. The molecule has 1 saturated heterocycles. The van der Waals surface area contributed by atoms with E-state index in [1.54, 1.807) is 0 Å². The van der Waals surface area contributed by atoms with Crippen molar-refractivity contribution in [3.8, 4) is 0 Å². The molecule has 5 unspecified atom stereocenters. The molecule has 1 heterocycles. The molecule has 74 valence electrons. The Kier molecular flexibility index (Phi) is 2.04. The van der Waals surface area contributed by atoms with Gasteiger partial charge in [0.05, 0.1) is 12.0 Å². The standard InChI is InChI=1S/C9H14O4/c1-4-2-5-3-6(10)7(11)8(5)13-9(4)12/h4-8,10-11H,2-3H2,1H3. The summed E-state index contributed by atoms with van der Waals surface area (Å²) in [6.45, 7) is 1.82. The average molecular weight is 186 g/mol. The summed E-state index contributed by atoms with van der Waals surface area (Å²) in [4.78, 5) is 11.2. The largest absolute Gasteiger partial charge is 0.459 e. The summed E-state index contributed by atoms with van der Waals surface area (Å²) < 4.78 is 5.06. The van der Waals surface area contributed by atoms with Gasteiger partial charge in [-0.15, -0.1) is 0 Å². The second kappa shape index (κ2) is 2.96. The van der Waals surface area contributed by atoms with Crippen molar-refractivity contribution in [3.05, 3.63) is 0 Å². The van der Waals surface area contributed by atoms with Gasteiger partial charge < -0.3 is 14.9 Å². The van der Waals surface area contributed by atoms with E-state index in [-0.39, 0.29) is 17.8 Å². The van der Waals surface area contributed by atoms with Crippen molar-refractivity contribution in [2.45, 2.75) is 38.1 Å². The average Bonchev–Trinajstić information content (AvgIpc) is 2.32. The van der Waals surface area contributed by atoms with Crippen LogP contribution in [0.4, 0.5) is 0 Å². The first-order valence-electron chi connectivity index (χ1n) is 4.66. The molecule has 5 atom stereocenters. The minimum atomic E-state index is -0.888. The number of carbonyl (C=O) groups excluding carboxylic acids is 1. The van der Waals surface area contributed by atoms with E-state index >= 15 is 0 Å². The first-order chi connectivity index (χ1) is 6.09. The molecule has 2 fully saturated rings. The number of esters is 1. The van der Waals surface area contributed by atoms with Gasteiger partial charge in [0.1, 0.15) is 12.2 Å². The van der Waals surface area contributed by atoms with E-state index in [9.17, 15) is 15.0 Å². The van der Waals surface area contributed by atoms with E-state index in [4.69, 9.17) is 4.74 Å². The summed E-state index contributed by atoms with van der Waals surface area (Å²) in [5.74, 6) is -0.217. The molecule has 4 heteroatoms. The van der Waals surface area contributed by atoms with Gasteiger partial charge in [-0.05, 0) is 12.8 Å². The fourth-order valence-corrected chi connectivity index (χ4v) is 2.28. The molecule has 0 spiro atoms. The second-order valence-corrected chi connectivity index (χ2v) is 4.09. The Bertz CT molecular complexity index is 228. The van der Waals surface area contributed by atoms with E-state index in [0.717, 1.165) is 6.42 Å². The highest BCUT2D eigenvalue weighted by Crippen LogP contribution is 2.37. The molecule has 1 saturated carbocycles. The van der Waals surface area contributed by atoms with Crippen molar-refractivity contribution in [3.63, 3.8) is 0 Å². The van der Waals surface area contributed by atoms with E-state index in [1.807, 2.05) is 6.92 Å². The lowest BCUT2D eigenvalue weighted by atomic mass is 9.90. The molecule has 0 aromatic rings. The molecule has 1 aliphatic heterocycles. The molecular weight excluding hydrogens is 172 g/mol. The van der Waals surface area contributed by atoms with E-state index in [1.165, 1.54) is 0 Å². The molecule has 13 heavy (non-hydrogen) atoms. The molecule has 0 aromatic carbocycles. The maximum absolute atomic E-state index is 11.2. The van der Waals surface area contributed by atoms with Gasteiger partial charge in [0, 0.05) is 5.92 Å². The number of aliphatic hydroxyl groups is 2. The topological polar surface area (TPSA) is 66.8 Å². The van der Waals surface area contributed by atoms with Crippen LogP contribution in [0.3, 0.4) is 0 Å². The molecule has 0 radical (unpaired) electrons. The predicted molar refractivity (Wildman–Crippen MR) is 43.8 cm³/mol. The summed E-state index contributed by atoms with van der Waals surface area (Å²) in [6, 6.07) is 0. The normalized spacial score (nSPS) is 50.1. The van der Waals surface area contributed by atoms with Crippen molar-refractivity contribution in [2.24, 2.45) is 11.8 Å². The lowest BCUT2D eigenvalue weighted by molar-refractivity contribution is -0.170. The molecule has 1 aliphatic carbocycles. The van der Waals surface area contributed by atoms with Crippen LogP contribution in [0.2, 0.25) is 0 Å². The van der Waals surface area contributed by atoms with Crippen molar-refractivity contribution in [2.75, 3.05) is 0 Å². The zero-order valence-corrected chi connectivity index (χ0v) is 7.51. The molecule has 2 aliphatic rings. The van der Waals surface area contributed by atoms with Crippen LogP contribution in [-0.4, -0.2) is 34.5 Å². The number of hydrogen-bond donors (Lipinski definition) is 2. The Morgan fingerprint density at radius 1 is 1.38 bits per heavy atom. The Morgan fingerprint density at radius 3 is 2.77 bits per heavy atom. The van der Waals surface area contributed by atoms with Crippen LogP contribution in [0.1, 0.15) is 19.8 Å². The van der Waals surface area contributed by atoms with Crippen LogP contribution in [0.5, 0.6) is 0 Å². The molecule has 2 rings (SSSR count). The maximum Gasteiger partial charge on any atom is 0.309 e. The van der Waals surface area contributed by atoms with E-state index in [0.29, 0.717) is 6.42 Å². The smallest absolute Gasteiger partial charge is 0.309 e. The Balaban J connectivity index is 2.12. The number of fused-ring (bicyclic) bond motifs is 1. The second-order valence-electron chi connectivity index (χ2n) is 4.09. The number of rotatable bonds is 0. The lowest BCUT2D eigenvalue weighted by Crippen LogP contribution is -2.40. The van der Waals surface area contributed by atoms with E-state index in [2.05, 4.69) is 0 Å². The first kappa shape index (κ1) is 8.97. The number of aliphatic hydroxyl groups excluding tert-OH is 2. The van der Waals surface area contributed by atoms with Gasteiger partial charge in [-0.1, -0.05) is 6.92 Å². The number of hydrogen-bond acceptors (Lipinski definition) is 4. The number of carbonyl (C=O) groups is 1. The van der Waals surface area contributed by atoms with Crippen molar-refractivity contribution < 1.29 is 19.7 Å². The Hall–Kier alpha value is -0.610. The summed E-state index contributed by atoms with van der Waals surface area (Å²) in [5, 5.41) is 18.8. The van der Waals surface area contributed by atoms with Gasteiger partial charge in [0.15, 0.2) is 0 Å². The van der Waals surface area contributed by atoms with Crippen LogP contribution in [-0.2, 0) is 9.53 Å². The lowest BCUT2D eigenvalue weighted by Gasteiger charge is -2.30.